The molecule has 0 aliphatic heterocycles. The van der Waals surface area contributed by atoms with E-state index in [1.807, 2.05) is 0 Å². The van der Waals surface area contributed by atoms with E-state index < -0.39 is 5.41 Å². The molecule has 1 aliphatic carbocycles. The lowest BCUT2D eigenvalue weighted by Crippen LogP contribution is -2.28. The predicted octanol–water partition coefficient (Wildman–Crippen LogP) is 20.7. The third-order valence-electron chi connectivity index (χ3n) is 15.9. The van der Waals surface area contributed by atoms with Crippen LogP contribution in [-0.4, -0.2) is 0 Å². The fraction of sp³-hybridized carbons (Fsp3) is 0.0130. The van der Waals surface area contributed by atoms with Crippen molar-refractivity contribution >= 4 is 27.8 Å². The Labute approximate surface area is 457 Å². The van der Waals surface area contributed by atoms with Gasteiger partial charge in [0, 0.05) is 17.1 Å². The number of fused-ring (bicyclic) bond motifs is 4. The summed E-state index contributed by atoms with van der Waals surface area (Å²) >= 11 is 0. The van der Waals surface area contributed by atoms with E-state index >= 15 is 0 Å². The monoisotopic (exact) mass is 991 g/mol. The molecule has 0 saturated carbocycles. The molecule has 0 atom stereocenters. The molecule has 0 unspecified atom stereocenters. The Kier molecular flexibility index (Phi) is 11.8. The zero-order chi connectivity index (χ0) is 51.8. The van der Waals surface area contributed by atoms with Crippen molar-refractivity contribution in [3.8, 4) is 77.9 Å². The second-order valence-corrected chi connectivity index (χ2v) is 20.4. The molecule has 1 heteroatoms. The van der Waals surface area contributed by atoms with Gasteiger partial charge in [0.05, 0.1) is 5.41 Å². The third-order valence-corrected chi connectivity index (χ3v) is 15.9. The first-order chi connectivity index (χ1) is 38.7. The quantitative estimate of drug-likeness (QED) is 0.125. The van der Waals surface area contributed by atoms with Gasteiger partial charge in [-0.25, -0.2) is 0 Å². The highest BCUT2D eigenvalue weighted by molar-refractivity contribution is 5.97. The normalized spacial score (nSPS) is 12.2. The van der Waals surface area contributed by atoms with E-state index in [1.54, 1.807) is 0 Å². The largest absolute Gasteiger partial charge is 0.310 e. The molecule has 0 fully saturated rings. The van der Waals surface area contributed by atoms with Gasteiger partial charge in [-0.05, 0) is 178 Å². The van der Waals surface area contributed by atoms with Crippen molar-refractivity contribution in [3.63, 3.8) is 0 Å². The molecule has 0 radical (unpaired) electrons. The lowest BCUT2D eigenvalue weighted by atomic mass is 9.67. The predicted molar refractivity (Wildman–Crippen MR) is 329 cm³/mol. The SMILES string of the molecule is c1ccc(-c2cc(-c3ccccc3)cc(-c3ccc(N(c4ccc(-c5ccc6c(c5)C(c5ccccc5)(c5ccccc5)c5ccccc5-6)cc4)c4cccc(-c5cccc(-c6cccc7ccccc67)c5)c4)cc3)c2)cc1. The summed E-state index contributed by atoms with van der Waals surface area (Å²) in [6.45, 7) is 0. The van der Waals surface area contributed by atoms with Crippen LogP contribution in [0.1, 0.15) is 22.3 Å². The number of anilines is 3. The van der Waals surface area contributed by atoms with Crippen molar-refractivity contribution in [2.45, 2.75) is 5.41 Å². The Hall–Kier alpha value is -10.1. The summed E-state index contributed by atoms with van der Waals surface area (Å²) < 4.78 is 0. The molecule has 0 aromatic heterocycles. The van der Waals surface area contributed by atoms with Gasteiger partial charge in [-0.2, -0.15) is 0 Å². The van der Waals surface area contributed by atoms with Gasteiger partial charge in [0.2, 0.25) is 0 Å². The van der Waals surface area contributed by atoms with E-state index in [9.17, 15) is 0 Å². The lowest BCUT2D eigenvalue weighted by Gasteiger charge is -2.34. The molecule has 0 bridgehead atoms. The van der Waals surface area contributed by atoms with E-state index in [0.717, 1.165) is 33.8 Å². The molecule has 0 amide bonds. The molecule has 13 aromatic carbocycles. The summed E-state index contributed by atoms with van der Waals surface area (Å²) in [6, 6.07) is 118. The molecule has 1 nitrogen and oxygen atoms in total. The average molecular weight is 992 g/mol. The lowest BCUT2D eigenvalue weighted by molar-refractivity contribution is 0.769. The van der Waals surface area contributed by atoms with Crippen molar-refractivity contribution < 1.29 is 0 Å². The Morgan fingerprint density at radius 3 is 1.23 bits per heavy atom. The summed E-state index contributed by atoms with van der Waals surface area (Å²) in [5, 5.41) is 2.49. The van der Waals surface area contributed by atoms with Crippen molar-refractivity contribution in [2.75, 3.05) is 4.90 Å². The minimum Gasteiger partial charge on any atom is -0.310 e. The van der Waals surface area contributed by atoms with Gasteiger partial charge in [0.1, 0.15) is 0 Å². The maximum atomic E-state index is 2.45. The molecule has 13 aromatic rings. The second kappa shape index (κ2) is 19.9. The summed E-state index contributed by atoms with van der Waals surface area (Å²) in [6.07, 6.45) is 0. The zero-order valence-electron chi connectivity index (χ0n) is 43.0. The van der Waals surface area contributed by atoms with Gasteiger partial charge in [-0.1, -0.05) is 255 Å². The van der Waals surface area contributed by atoms with Gasteiger partial charge >= 0.3 is 0 Å². The molecule has 78 heavy (non-hydrogen) atoms. The summed E-state index contributed by atoms with van der Waals surface area (Å²) in [7, 11) is 0. The molecule has 0 N–H and O–H groups in total. The number of hydrogen-bond acceptors (Lipinski definition) is 1. The van der Waals surface area contributed by atoms with E-state index in [4.69, 9.17) is 0 Å². The number of hydrogen-bond donors (Lipinski definition) is 0. The number of benzene rings is 13. The highest BCUT2D eigenvalue weighted by Crippen LogP contribution is 2.57. The van der Waals surface area contributed by atoms with Gasteiger partial charge in [0.15, 0.2) is 0 Å². The minimum absolute atomic E-state index is 0.473. The molecule has 0 spiro atoms. The fourth-order valence-corrected chi connectivity index (χ4v) is 12.2. The van der Waals surface area contributed by atoms with Crippen molar-refractivity contribution in [2.24, 2.45) is 0 Å². The first-order valence-corrected chi connectivity index (χ1v) is 27.0. The highest BCUT2D eigenvalue weighted by atomic mass is 15.1. The summed E-state index contributed by atoms with van der Waals surface area (Å²) in [4.78, 5) is 2.40. The zero-order valence-corrected chi connectivity index (χ0v) is 43.0. The van der Waals surface area contributed by atoms with Crippen LogP contribution in [0.5, 0.6) is 0 Å². The van der Waals surface area contributed by atoms with Crippen LogP contribution in [0.25, 0.3) is 88.7 Å². The topological polar surface area (TPSA) is 3.24 Å². The van der Waals surface area contributed by atoms with Gasteiger partial charge < -0.3 is 4.90 Å². The van der Waals surface area contributed by atoms with Crippen LogP contribution >= 0.6 is 0 Å². The second-order valence-electron chi connectivity index (χ2n) is 20.4. The van der Waals surface area contributed by atoms with Crippen molar-refractivity contribution in [3.05, 3.63) is 344 Å². The van der Waals surface area contributed by atoms with Crippen LogP contribution in [0.15, 0.2) is 322 Å². The van der Waals surface area contributed by atoms with Crippen molar-refractivity contribution in [1.82, 2.24) is 0 Å². The Balaban J connectivity index is 0.877. The number of nitrogens with zero attached hydrogens (tertiary/aromatic N) is 1. The molecule has 0 heterocycles. The van der Waals surface area contributed by atoms with Crippen LogP contribution in [-0.2, 0) is 5.41 Å². The molecular weight excluding hydrogens is 939 g/mol. The van der Waals surface area contributed by atoms with E-state index in [2.05, 4.69) is 326 Å². The molecule has 366 valence electrons. The molecule has 14 rings (SSSR count). The van der Waals surface area contributed by atoms with Crippen LogP contribution in [0, 0.1) is 0 Å². The number of rotatable bonds is 11. The Bertz CT molecular complexity index is 4170. The fourth-order valence-electron chi connectivity index (χ4n) is 12.2. The third kappa shape index (κ3) is 8.30. The van der Waals surface area contributed by atoms with Gasteiger partial charge in [0.25, 0.3) is 0 Å². The molecular formula is C77H53N. The smallest absolute Gasteiger partial charge is 0.0713 e. The summed E-state index contributed by atoms with van der Waals surface area (Å²) in [5.41, 5.74) is 24.6. The van der Waals surface area contributed by atoms with Crippen LogP contribution in [0.2, 0.25) is 0 Å². The molecule has 1 aliphatic rings. The van der Waals surface area contributed by atoms with Gasteiger partial charge in [-0.15, -0.1) is 0 Å². The Morgan fingerprint density at radius 2 is 0.603 bits per heavy atom. The first kappa shape index (κ1) is 46.5. The minimum atomic E-state index is -0.473. The maximum absolute atomic E-state index is 2.45. The maximum Gasteiger partial charge on any atom is 0.0713 e. The standard InChI is InChI=1S/C77H53N/c1-5-20-54(21-6-1)63-49-64(55-22-7-2-8-23-55)51-65(50-63)57-40-45-69(46-41-57)78(70-33-18-27-60(52-70)59-26-17-28-62(48-59)72-36-19-25-58-24-13-14-34-71(58)72)68-43-38-56(39-44-68)61-42-47-74-73-35-15-16-37-75(73)77(76(74)53-61,66-29-9-3-10-30-66)67-31-11-4-12-32-67/h1-53H. The first-order valence-electron chi connectivity index (χ1n) is 27.0. The Morgan fingerprint density at radius 1 is 0.205 bits per heavy atom. The molecule has 0 saturated heterocycles. The summed E-state index contributed by atoms with van der Waals surface area (Å²) in [5.74, 6) is 0. The highest BCUT2D eigenvalue weighted by Gasteiger charge is 2.46. The van der Waals surface area contributed by atoms with Crippen LogP contribution in [0.4, 0.5) is 17.1 Å². The van der Waals surface area contributed by atoms with E-state index in [-0.39, 0.29) is 0 Å². The van der Waals surface area contributed by atoms with Gasteiger partial charge in [-0.3, -0.25) is 0 Å². The van der Waals surface area contributed by atoms with E-state index in [1.165, 1.54) is 94.2 Å². The van der Waals surface area contributed by atoms with Crippen LogP contribution < -0.4 is 4.90 Å². The van der Waals surface area contributed by atoms with E-state index in [0.29, 0.717) is 0 Å². The van der Waals surface area contributed by atoms with Crippen LogP contribution in [0.3, 0.4) is 0 Å². The van der Waals surface area contributed by atoms with Crippen molar-refractivity contribution in [1.29, 1.82) is 0 Å². The average Bonchev–Trinajstić information content (AvgIpc) is 3.92.